The van der Waals surface area contributed by atoms with Gasteiger partial charge in [-0.25, -0.2) is 9.59 Å². The molecule has 0 saturated carbocycles. The van der Waals surface area contributed by atoms with Crippen molar-refractivity contribution in [2.75, 3.05) is 0 Å². The Labute approximate surface area is 85.5 Å². The molecule has 1 aliphatic rings. The van der Waals surface area contributed by atoms with Crippen LogP contribution in [-0.4, -0.2) is 32.9 Å². The lowest BCUT2D eigenvalue weighted by molar-refractivity contribution is -0.134. The fraction of sp³-hybridized carbons (Fsp3) is 0.333. The second kappa shape index (κ2) is 3.39. The van der Waals surface area contributed by atoms with Gasteiger partial charge in [0.15, 0.2) is 0 Å². The van der Waals surface area contributed by atoms with E-state index in [2.05, 4.69) is 5.32 Å². The van der Waals surface area contributed by atoms with Crippen LogP contribution in [0.25, 0.3) is 0 Å². The van der Waals surface area contributed by atoms with Crippen LogP contribution in [0.2, 0.25) is 0 Å². The van der Waals surface area contributed by atoms with Gasteiger partial charge in [-0.05, 0) is 25.5 Å². The highest BCUT2D eigenvalue weighted by Crippen LogP contribution is 2.26. The smallest absolute Gasteiger partial charge is 0.352 e. The Morgan fingerprint density at radius 3 is 2.27 bits per heavy atom. The third-order valence-corrected chi connectivity index (χ3v) is 2.26. The predicted octanol–water partition coefficient (Wildman–Crippen LogP) is -0.332. The molecule has 4 N–H and O–H groups in total. The summed E-state index contributed by atoms with van der Waals surface area (Å²) in [5, 5.41) is 29.5. The van der Waals surface area contributed by atoms with E-state index in [1.165, 1.54) is 13.8 Å². The number of hydrogen-bond acceptors (Lipinski definition) is 4. The quantitative estimate of drug-likeness (QED) is 0.500. The van der Waals surface area contributed by atoms with Gasteiger partial charge in [0.2, 0.25) is 0 Å². The number of hydrogen-bond donors (Lipinski definition) is 4. The standard InChI is InChI=1S/C9H11NO5/c1-4-6(8(13)14)10-5(7(11)12)3-9(4,2)15/h3,10,15H,1-2H3,(H,11,12)(H,13,14). The molecular formula is C9H11NO5. The molecule has 0 aromatic carbocycles. The summed E-state index contributed by atoms with van der Waals surface area (Å²) in [6, 6.07) is 0. The van der Waals surface area contributed by atoms with Gasteiger partial charge in [0.05, 0.1) is 0 Å². The molecule has 1 aliphatic heterocycles. The average molecular weight is 213 g/mol. The first-order chi connectivity index (χ1) is 6.75. The van der Waals surface area contributed by atoms with E-state index in [1.807, 2.05) is 0 Å². The molecule has 0 bridgehead atoms. The number of rotatable bonds is 2. The Morgan fingerprint density at radius 2 is 1.87 bits per heavy atom. The Kier molecular flexibility index (Phi) is 2.55. The maximum Gasteiger partial charge on any atom is 0.352 e. The highest BCUT2D eigenvalue weighted by molar-refractivity contribution is 5.94. The van der Waals surface area contributed by atoms with Crippen LogP contribution < -0.4 is 5.32 Å². The van der Waals surface area contributed by atoms with Gasteiger partial charge in [-0.2, -0.15) is 0 Å². The highest BCUT2D eigenvalue weighted by Gasteiger charge is 2.33. The number of carboxylic acids is 2. The SMILES string of the molecule is CC1=C(C(=O)O)NC(C(=O)O)=CC1(C)O. The van der Waals surface area contributed by atoms with Crippen LogP contribution in [0.4, 0.5) is 0 Å². The van der Waals surface area contributed by atoms with Crippen molar-refractivity contribution < 1.29 is 24.9 Å². The fourth-order valence-electron chi connectivity index (χ4n) is 1.24. The van der Waals surface area contributed by atoms with Crippen LogP contribution in [0.5, 0.6) is 0 Å². The molecule has 0 fully saturated rings. The third-order valence-electron chi connectivity index (χ3n) is 2.26. The normalized spacial score (nSPS) is 25.7. The molecule has 0 amide bonds. The predicted molar refractivity (Wildman–Crippen MR) is 49.8 cm³/mol. The first kappa shape index (κ1) is 11.3. The first-order valence-electron chi connectivity index (χ1n) is 4.16. The number of carboxylic acid groups (broad SMARTS) is 2. The lowest BCUT2D eigenvalue weighted by Crippen LogP contribution is -2.38. The fourth-order valence-corrected chi connectivity index (χ4v) is 1.24. The number of aliphatic carboxylic acids is 2. The van der Waals surface area contributed by atoms with E-state index in [-0.39, 0.29) is 17.0 Å². The molecule has 0 aliphatic carbocycles. The van der Waals surface area contributed by atoms with E-state index < -0.39 is 17.5 Å². The van der Waals surface area contributed by atoms with Crippen molar-refractivity contribution >= 4 is 11.9 Å². The van der Waals surface area contributed by atoms with Gasteiger partial charge in [0, 0.05) is 0 Å². The average Bonchev–Trinajstić information content (AvgIpc) is 2.08. The molecule has 1 atom stereocenters. The minimum atomic E-state index is -1.56. The summed E-state index contributed by atoms with van der Waals surface area (Å²) >= 11 is 0. The van der Waals surface area contributed by atoms with Crippen LogP contribution in [0.15, 0.2) is 23.0 Å². The van der Waals surface area contributed by atoms with Crippen LogP contribution in [0.3, 0.4) is 0 Å². The molecule has 0 spiro atoms. The number of nitrogens with one attached hydrogen (secondary N) is 1. The van der Waals surface area contributed by atoms with Crippen LogP contribution >= 0.6 is 0 Å². The topological polar surface area (TPSA) is 107 Å². The Balaban J connectivity index is 3.22. The van der Waals surface area contributed by atoms with E-state index in [9.17, 15) is 14.7 Å². The lowest BCUT2D eigenvalue weighted by Gasteiger charge is -2.28. The first-order valence-corrected chi connectivity index (χ1v) is 4.16. The molecule has 1 unspecified atom stereocenters. The molecule has 6 heteroatoms. The van der Waals surface area contributed by atoms with Gasteiger partial charge < -0.3 is 20.6 Å². The van der Waals surface area contributed by atoms with Crippen LogP contribution in [-0.2, 0) is 9.59 Å². The largest absolute Gasteiger partial charge is 0.477 e. The molecule has 82 valence electrons. The molecule has 0 aromatic heterocycles. The van der Waals surface area contributed by atoms with Crippen molar-refractivity contribution in [2.45, 2.75) is 19.4 Å². The van der Waals surface area contributed by atoms with Crippen molar-refractivity contribution in [1.82, 2.24) is 5.32 Å². The van der Waals surface area contributed by atoms with E-state index >= 15 is 0 Å². The maximum atomic E-state index is 10.8. The molecule has 1 rings (SSSR count). The molecule has 15 heavy (non-hydrogen) atoms. The summed E-state index contributed by atoms with van der Waals surface area (Å²) in [6.45, 7) is 2.75. The van der Waals surface area contributed by atoms with Crippen molar-refractivity contribution in [3.8, 4) is 0 Å². The van der Waals surface area contributed by atoms with Gasteiger partial charge in [0.25, 0.3) is 0 Å². The van der Waals surface area contributed by atoms with Crippen LogP contribution in [0, 0.1) is 0 Å². The summed E-state index contributed by atoms with van der Waals surface area (Å²) < 4.78 is 0. The summed E-state index contributed by atoms with van der Waals surface area (Å²) in [6.07, 6.45) is 1.07. The zero-order valence-electron chi connectivity index (χ0n) is 8.24. The number of aliphatic hydroxyl groups is 1. The molecule has 6 nitrogen and oxygen atoms in total. The number of carbonyl (C=O) groups is 2. The second-order valence-corrected chi connectivity index (χ2v) is 3.44. The zero-order valence-corrected chi connectivity index (χ0v) is 8.24. The van der Waals surface area contributed by atoms with Gasteiger partial charge in [-0.15, -0.1) is 0 Å². The minimum absolute atomic E-state index is 0.167. The van der Waals surface area contributed by atoms with Crippen molar-refractivity contribution in [2.24, 2.45) is 0 Å². The minimum Gasteiger partial charge on any atom is -0.477 e. The maximum absolute atomic E-state index is 10.8. The van der Waals surface area contributed by atoms with E-state index in [0.29, 0.717) is 0 Å². The van der Waals surface area contributed by atoms with E-state index in [0.717, 1.165) is 6.08 Å². The molecule has 1 heterocycles. The molecular weight excluding hydrogens is 202 g/mol. The summed E-state index contributed by atoms with van der Waals surface area (Å²) in [7, 11) is 0. The van der Waals surface area contributed by atoms with Crippen molar-refractivity contribution in [3.05, 3.63) is 23.0 Å². The summed E-state index contributed by atoms with van der Waals surface area (Å²) in [5.41, 5.74) is -2.05. The van der Waals surface area contributed by atoms with E-state index in [1.54, 1.807) is 0 Å². The molecule has 0 radical (unpaired) electrons. The van der Waals surface area contributed by atoms with Gasteiger partial charge >= 0.3 is 11.9 Å². The molecule has 0 aromatic rings. The van der Waals surface area contributed by atoms with E-state index in [4.69, 9.17) is 10.2 Å². The summed E-state index contributed by atoms with van der Waals surface area (Å²) in [5.74, 6) is -2.62. The van der Waals surface area contributed by atoms with Gasteiger partial charge in [-0.1, -0.05) is 0 Å². The Hall–Kier alpha value is -1.82. The second-order valence-electron chi connectivity index (χ2n) is 3.44. The number of dihydropyridines is 1. The Morgan fingerprint density at radius 1 is 1.33 bits per heavy atom. The third kappa shape index (κ3) is 1.99. The molecule has 0 saturated heterocycles. The highest BCUT2D eigenvalue weighted by atomic mass is 16.4. The van der Waals surface area contributed by atoms with Gasteiger partial charge in [0.1, 0.15) is 17.0 Å². The monoisotopic (exact) mass is 213 g/mol. The Bertz CT molecular complexity index is 391. The zero-order chi connectivity index (χ0) is 11.8. The van der Waals surface area contributed by atoms with Crippen LogP contribution in [0.1, 0.15) is 13.8 Å². The van der Waals surface area contributed by atoms with Gasteiger partial charge in [-0.3, -0.25) is 0 Å². The van der Waals surface area contributed by atoms with Crippen molar-refractivity contribution in [1.29, 1.82) is 0 Å². The van der Waals surface area contributed by atoms with Crippen molar-refractivity contribution in [3.63, 3.8) is 0 Å². The lowest BCUT2D eigenvalue weighted by atomic mass is 9.91. The summed E-state index contributed by atoms with van der Waals surface area (Å²) in [4.78, 5) is 21.4.